The molecule has 8 nitrogen and oxygen atoms in total. The molecule has 5 atom stereocenters. The van der Waals surface area contributed by atoms with Crippen LogP contribution in [-0.4, -0.2) is 44.1 Å². The summed E-state index contributed by atoms with van der Waals surface area (Å²) < 4.78 is 22.6. The number of ether oxygens (including phenoxy) is 3. The van der Waals surface area contributed by atoms with Crippen molar-refractivity contribution in [3.05, 3.63) is 80.9 Å². The lowest BCUT2D eigenvalue weighted by molar-refractivity contribution is -0.164. The summed E-state index contributed by atoms with van der Waals surface area (Å²) >= 11 is 8.76. The molecule has 4 aromatic rings. The number of imidazole rings is 1. The van der Waals surface area contributed by atoms with Gasteiger partial charge in [0.05, 0.1) is 31.7 Å². The van der Waals surface area contributed by atoms with Crippen LogP contribution in [0.3, 0.4) is 0 Å². The molecule has 0 radical (unpaired) electrons. The molecule has 3 fully saturated rings. The minimum absolute atomic E-state index is 0.0108. The number of hydrogen-bond donors (Lipinski definition) is 1. The summed E-state index contributed by atoms with van der Waals surface area (Å²) in [6.45, 7) is 5.77. The van der Waals surface area contributed by atoms with E-state index >= 15 is 0 Å². The van der Waals surface area contributed by atoms with Gasteiger partial charge in [0.25, 0.3) is 0 Å². The van der Waals surface area contributed by atoms with E-state index in [9.17, 15) is 0 Å². The Hall–Kier alpha value is -2.31. The molecule has 39 heavy (non-hydrogen) atoms. The lowest BCUT2D eigenvalue weighted by Crippen LogP contribution is -2.33. The molecule has 1 N–H and O–H groups in total. The molecule has 1 saturated heterocycles. The molecule has 3 aliphatic rings. The number of fused-ring (bicyclic) bond motifs is 4. The fourth-order valence-corrected chi connectivity index (χ4v) is 7.22. The Morgan fingerprint density at radius 3 is 2.74 bits per heavy atom. The molecule has 0 unspecified atom stereocenters. The third kappa shape index (κ3) is 4.61. The van der Waals surface area contributed by atoms with Crippen LogP contribution in [0, 0.1) is 14.9 Å². The zero-order valence-corrected chi connectivity index (χ0v) is 24.6. The average Bonchev–Trinajstić information content (AvgIpc) is 3.16. The van der Waals surface area contributed by atoms with Gasteiger partial charge in [0.15, 0.2) is 22.8 Å². The fraction of sp³-hybridized carbons (Fsp3) is 0.414. The Morgan fingerprint density at radius 2 is 1.92 bits per heavy atom. The molecule has 2 aliphatic carbocycles. The van der Waals surface area contributed by atoms with Gasteiger partial charge < -0.3 is 24.1 Å². The molecule has 2 saturated carbocycles. The smallest absolute Gasteiger partial charge is 0.226 e. The van der Waals surface area contributed by atoms with E-state index in [2.05, 4.69) is 72.8 Å². The topological polar surface area (TPSA) is 83.3 Å². The van der Waals surface area contributed by atoms with Gasteiger partial charge in [-0.25, -0.2) is 4.98 Å². The summed E-state index contributed by atoms with van der Waals surface area (Å²) in [6, 6.07) is 18.6. The van der Waals surface area contributed by atoms with E-state index in [0.717, 1.165) is 12.0 Å². The van der Waals surface area contributed by atoms with Crippen molar-refractivity contribution in [3.8, 4) is 0 Å². The average molecular weight is 658 g/mol. The summed E-state index contributed by atoms with van der Waals surface area (Å²) in [4.78, 5) is 13.8. The van der Waals surface area contributed by atoms with Crippen LogP contribution < -0.4 is 5.32 Å². The van der Waals surface area contributed by atoms with Crippen molar-refractivity contribution in [1.29, 1.82) is 0 Å². The van der Waals surface area contributed by atoms with Crippen molar-refractivity contribution < 1.29 is 14.2 Å². The first kappa shape index (κ1) is 25.6. The zero-order chi connectivity index (χ0) is 26.8. The van der Waals surface area contributed by atoms with E-state index in [4.69, 9.17) is 30.8 Å². The van der Waals surface area contributed by atoms with Gasteiger partial charge in [0.1, 0.15) is 6.10 Å². The quantitative estimate of drug-likeness (QED) is 0.184. The number of rotatable bonds is 8. The summed E-state index contributed by atoms with van der Waals surface area (Å²) in [5.74, 6) is 0.277. The van der Waals surface area contributed by atoms with Crippen LogP contribution in [0.5, 0.6) is 0 Å². The molecule has 202 valence electrons. The fourth-order valence-electron chi connectivity index (χ4n) is 6.45. The first-order valence-electron chi connectivity index (χ1n) is 13.2. The normalized spacial score (nSPS) is 28.4. The molecule has 3 heterocycles. The predicted molar refractivity (Wildman–Crippen MR) is 156 cm³/mol. The van der Waals surface area contributed by atoms with E-state index in [1.165, 1.54) is 9.13 Å². The molecular formula is C29H29ClIN5O3. The molecular weight excluding hydrogens is 629 g/mol. The van der Waals surface area contributed by atoms with E-state index < -0.39 is 5.79 Å². The maximum Gasteiger partial charge on any atom is 0.226 e. The summed E-state index contributed by atoms with van der Waals surface area (Å²) in [5.41, 5.74) is 3.61. The molecule has 7 rings (SSSR count). The van der Waals surface area contributed by atoms with Gasteiger partial charge in [0, 0.05) is 15.5 Å². The number of nitrogens with zero attached hydrogens (tertiary/aromatic N) is 4. The Balaban J connectivity index is 1.17. The molecule has 2 aromatic carbocycles. The summed E-state index contributed by atoms with van der Waals surface area (Å²) in [6.07, 6.45) is 2.66. The molecule has 2 aromatic heterocycles. The van der Waals surface area contributed by atoms with Gasteiger partial charge in [-0.3, -0.25) is 0 Å². The maximum absolute atomic E-state index is 6.51. The Labute approximate surface area is 245 Å². The minimum Gasteiger partial charge on any atom is -0.376 e. The molecule has 1 aliphatic heterocycles. The van der Waals surface area contributed by atoms with Crippen LogP contribution in [0.1, 0.15) is 37.4 Å². The largest absolute Gasteiger partial charge is 0.376 e. The highest BCUT2D eigenvalue weighted by Gasteiger charge is 2.76. The number of anilines is 1. The van der Waals surface area contributed by atoms with Crippen molar-refractivity contribution in [2.75, 3.05) is 11.9 Å². The van der Waals surface area contributed by atoms with E-state index in [-0.39, 0.29) is 28.9 Å². The number of benzene rings is 2. The van der Waals surface area contributed by atoms with E-state index in [1.54, 1.807) is 0 Å². The third-order valence-electron chi connectivity index (χ3n) is 8.17. The van der Waals surface area contributed by atoms with Gasteiger partial charge in [0.2, 0.25) is 5.28 Å². The van der Waals surface area contributed by atoms with Gasteiger partial charge in [-0.1, -0.05) is 42.5 Å². The highest BCUT2D eigenvalue weighted by atomic mass is 127. The van der Waals surface area contributed by atoms with Gasteiger partial charge in [-0.15, -0.1) is 0 Å². The van der Waals surface area contributed by atoms with Gasteiger partial charge in [-0.05, 0) is 83.6 Å². The van der Waals surface area contributed by atoms with Crippen molar-refractivity contribution in [2.45, 2.75) is 57.5 Å². The zero-order valence-electron chi connectivity index (χ0n) is 21.7. The highest BCUT2D eigenvalue weighted by molar-refractivity contribution is 14.1. The van der Waals surface area contributed by atoms with Crippen LogP contribution in [-0.2, 0) is 27.4 Å². The second-order valence-corrected chi connectivity index (χ2v) is 12.8. The minimum atomic E-state index is -0.670. The van der Waals surface area contributed by atoms with Crippen LogP contribution >= 0.6 is 34.2 Å². The second kappa shape index (κ2) is 9.66. The second-order valence-electron chi connectivity index (χ2n) is 11.2. The SMILES string of the molecule is CC1(C)O[C@H]2[C@H](n3cnc4c(NCc5cccc(I)c5)nc(Cl)nc43)[C@H]3C[C@@]3(COCc3ccccc3)[C@H]2O1. The lowest BCUT2D eigenvalue weighted by Gasteiger charge is -2.24. The molecule has 10 heteroatoms. The van der Waals surface area contributed by atoms with Crippen molar-refractivity contribution in [3.63, 3.8) is 0 Å². The van der Waals surface area contributed by atoms with Crippen molar-refractivity contribution in [2.24, 2.45) is 11.3 Å². The first-order chi connectivity index (χ1) is 18.8. The lowest BCUT2D eigenvalue weighted by atomic mass is 10.0. The Bertz CT molecular complexity index is 1530. The Kier molecular flexibility index (Phi) is 6.35. The van der Waals surface area contributed by atoms with Gasteiger partial charge in [-0.2, -0.15) is 9.97 Å². The van der Waals surface area contributed by atoms with Crippen molar-refractivity contribution >= 4 is 51.2 Å². The number of aromatic nitrogens is 4. The van der Waals surface area contributed by atoms with Crippen molar-refractivity contribution in [1.82, 2.24) is 19.5 Å². The highest BCUT2D eigenvalue weighted by Crippen LogP contribution is 2.71. The molecule has 0 spiro atoms. The number of halogens is 2. The number of hydrogen-bond acceptors (Lipinski definition) is 7. The number of nitrogens with one attached hydrogen (secondary N) is 1. The molecule has 0 bridgehead atoms. The van der Waals surface area contributed by atoms with Crippen LogP contribution in [0.2, 0.25) is 5.28 Å². The summed E-state index contributed by atoms with van der Waals surface area (Å²) in [7, 11) is 0. The van der Waals surface area contributed by atoms with Crippen LogP contribution in [0.15, 0.2) is 60.9 Å². The first-order valence-corrected chi connectivity index (χ1v) is 14.6. The maximum atomic E-state index is 6.51. The Morgan fingerprint density at radius 1 is 1.10 bits per heavy atom. The summed E-state index contributed by atoms with van der Waals surface area (Å²) in [5, 5.41) is 3.60. The van der Waals surface area contributed by atoms with E-state index in [0.29, 0.717) is 42.7 Å². The molecule has 0 amide bonds. The monoisotopic (exact) mass is 657 g/mol. The third-order valence-corrected chi connectivity index (χ3v) is 9.01. The van der Waals surface area contributed by atoms with E-state index in [1.807, 2.05) is 44.4 Å². The standard InChI is InChI=1S/C29H29ClIN5O3/c1-28(2)38-23-22(20-12-29(20,24(23)39-28)15-37-14-17-7-4-3-5-8-17)36-16-33-21-25(34-27(30)35-26(21)36)32-13-18-9-6-10-19(31)11-18/h3-11,16,20,22-24H,12-15H2,1-2H3,(H,32,34,35)/t20-,22-,23+,24+,29+/m1/s1. The van der Waals surface area contributed by atoms with Crippen LogP contribution in [0.25, 0.3) is 11.2 Å². The predicted octanol–water partition coefficient (Wildman–Crippen LogP) is 5.99. The van der Waals surface area contributed by atoms with Gasteiger partial charge >= 0.3 is 0 Å². The van der Waals surface area contributed by atoms with Crippen LogP contribution in [0.4, 0.5) is 5.82 Å².